The minimum absolute atomic E-state index is 0.00121. The van der Waals surface area contributed by atoms with Crippen molar-refractivity contribution in [3.63, 3.8) is 0 Å². The van der Waals surface area contributed by atoms with Crippen LogP contribution in [0.3, 0.4) is 0 Å². The Morgan fingerprint density at radius 3 is 2.09 bits per heavy atom. The highest BCUT2D eigenvalue weighted by Crippen LogP contribution is 2.31. The van der Waals surface area contributed by atoms with Crippen LogP contribution in [0.1, 0.15) is 32.6 Å². The zero-order valence-electron chi connectivity index (χ0n) is 23.9. The number of para-hydroxylation sites is 1. The summed E-state index contributed by atoms with van der Waals surface area (Å²) in [7, 11) is -4.16. The Morgan fingerprint density at radius 2 is 1.32 bits per heavy atom. The molecule has 1 heterocycles. The molecule has 7 heteroatoms. The highest BCUT2D eigenvalue weighted by atomic mass is 32.2. The van der Waals surface area contributed by atoms with E-state index in [-0.39, 0.29) is 10.8 Å². The van der Waals surface area contributed by atoms with Crippen molar-refractivity contribution in [1.29, 1.82) is 0 Å². The Morgan fingerprint density at radius 1 is 0.705 bits per heavy atom. The summed E-state index contributed by atoms with van der Waals surface area (Å²) >= 11 is 0. The number of carbonyl (C=O) groups excluding carboxylic acids is 2. The first-order valence-electron chi connectivity index (χ1n) is 14.3. The monoisotopic (exact) mass is 598 g/mol. The van der Waals surface area contributed by atoms with Crippen LogP contribution in [-0.2, 0) is 34.2 Å². The number of carbonyl (C=O) groups is 2. The van der Waals surface area contributed by atoms with Gasteiger partial charge in [-0.25, -0.2) is 13.1 Å². The third kappa shape index (κ3) is 6.23. The van der Waals surface area contributed by atoms with Crippen molar-refractivity contribution >= 4 is 33.6 Å². The minimum atomic E-state index is -4.16. The molecule has 5 aromatic rings. The Balaban J connectivity index is 1.25. The van der Waals surface area contributed by atoms with Gasteiger partial charge in [0.25, 0.3) is 21.8 Å². The van der Waals surface area contributed by atoms with E-state index in [4.69, 9.17) is 0 Å². The van der Waals surface area contributed by atoms with E-state index in [0.29, 0.717) is 23.2 Å². The fourth-order valence-corrected chi connectivity index (χ4v) is 6.66. The smallest absolute Gasteiger partial charge is 0.264 e. The van der Waals surface area contributed by atoms with Gasteiger partial charge < -0.3 is 4.90 Å². The molecule has 218 valence electrons. The summed E-state index contributed by atoms with van der Waals surface area (Å²) in [5.74, 6) is -0.788. The first kappa shape index (κ1) is 28.8. The number of fused-ring (bicyclic) bond motifs is 2. The van der Waals surface area contributed by atoms with Gasteiger partial charge in [0.05, 0.1) is 11.4 Å². The SMILES string of the molecule is O=C(C=Cc1ccccc1)NS(=O)(=O)c1ccccc1-c1ccc(CN2C(=O)c3ccccc3CCc3ccccc32)cc1. The molecular formula is C37H30N2O4S. The first-order chi connectivity index (χ1) is 21.4. The standard InChI is InChI=1S/C37H30N2O4S/c40-36(25-20-27-10-2-1-3-11-27)38-44(42,43)35-17-9-7-14-32(35)30-21-18-28(19-22-30)26-39-34-16-8-5-13-31(34)24-23-29-12-4-6-15-33(29)37(39)41/h1-22,25H,23-24,26H2,(H,38,40). The van der Waals surface area contributed by atoms with Crippen molar-refractivity contribution < 1.29 is 18.0 Å². The molecule has 0 saturated carbocycles. The summed E-state index contributed by atoms with van der Waals surface area (Å²) in [6.45, 7) is 0.355. The van der Waals surface area contributed by atoms with Gasteiger partial charge in [-0.3, -0.25) is 9.59 Å². The summed E-state index contributed by atoms with van der Waals surface area (Å²) in [6, 6.07) is 39.0. The third-order valence-electron chi connectivity index (χ3n) is 7.68. The molecule has 6 nitrogen and oxygen atoms in total. The van der Waals surface area contributed by atoms with E-state index < -0.39 is 15.9 Å². The van der Waals surface area contributed by atoms with Crippen LogP contribution in [0.5, 0.6) is 0 Å². The van der Waals surface area contributed by atoms with E-state index in [1.165, 1.54) is 12.1 Å². The van der Waals surface area contributed by atoms with Crippen LogP contribution >= 0.6 is 0 Å². The van der Waals surface area contributed by atoms with Crippen molar-refractivity contribution in [3.05, 3.63) is 161 Å². The van der Waals surface area contributed by atoms with Gasteiger partial charge in [0.1, 0.15) is 0 Å². The maximum Gasteiger partial charge on any atom is 0.264 e. The summed E-state index contributed by atoms with van der Waals surface area (Å²) in [6.07, 6.45) is 4.39. The molecule has 0 spiro atoms. The lowest BCUT2D eigenvalue weighted by molar-refractivity contribution is -0.114. The lowest BCUT2D eigenvalue weighted by Gasteiger charge is -2.28. The lowest BCUT2D eigenvalue weighted by Crippen LogP contribution is -2.33. The molecule has 6 rings (SSSR count). The van der Waals surface area contributed by atoms with E-state index >= 15 is 0 Å². The van der Waals surface area contributed by atoms with Crippen LogP contribution in [0.15, 0.2) is 138 Å². The van der Waals surface area contributed by atoms with Crippen LogP contribution in [0, 0.1) is 0 Å². The van der Waals surface area contributed by atoms with Crippen LogP contribution in [-0.4, -0.2) is 20.2 Å². The zero-order valence-corrected chi connectivity index (χ0v) is 24.7. The van der Waals surface area contributed by atoms with Crippen molar-refractivity contribution in [2.45, 2.75) is 24.3 Å². The van der Waals surface area contributed by atoms with Gasteiger partial charge in [-0.05, 0) is 64.9 Å². The zero-order chi connectivity index (χ0) is 30.5. The number of rotatable bonds is 7. The molecule has 5 aromatic carbocycles. The summed E-state index contributed by atoms with van der Waals surface area (Å²) in [5.41, 5.74) is 6.57. The summed E-state index contributed by atoms with van der Waals surface area (Å²) in [5, 5.41) is 0. The predicted molar refractivity (Wildman–Crippen MR) is 173 cm³/mol. The van der Waals surface area contributed by atoms with E-state index in [1.807, 2.05) is 102 Å². The lowest BCUT2D eigenvalue weighted by atomic mass is 9.94. The van der Waals surface area contributed by atoms with E-state index in [2.05, 4.69) is 10.8 Å². The quantitative estimate of drug-likeness (QED) is 0.209. The molecule has 2 amide bonds. The summed E-state index contributed by atoms with van der Waals surface area (Å²) < 4.78 is 28.7. The van der Waals surface area contributed by atoms with Crippen molar-refractivity contribution in [2.75, 3.05) is 4.90 Å². The number of sulfonamides is 1. The molecule has 0 saturated heterocycles. The normalized spacial score (nSPS) is 13.1. The molecule has 1 aliphatic heterocycles. The molecule has 0 unspecified atom stereocenters. The fourth-order valence-electron chi connectivity index (χ4n) is 5.48. The minimum Gasteiger partial charge on any atom is -0.304 e. The molecule has 0 atom stereocenters. The number of amides is 2. The fraction of sp³-hybridized carbons (Fsp3) is 0.0811. The molecule has 0 fully saturated rings. The molecule has 0 aromatic heterocycles. The van der Waals surface area contributed by atoms with Gasteiger partial charge >= 0.3 is 0 Å². The van der Waals surface area contributed by atoms with Gasteiger partial charge in [-0.15, -0.1) is 0 Å². The van der Waals surface area contributed by atoms with Crippen LogP contribution in [0.2, 0.25) is 0 Å². The van der Waals surface area contributed by atoms with E-state index in [1.54, 1.807) is 24.3 Å². The Labute approximate surface area is 257 Å². The average Bonchev–Trinajstić information content (AvgIpc) is 3.05. The second-order valence-corrected chi connectivity index (χ2v) is 12.2. The second kappa shape index (κ2) is 12.5. The topological polar surface area (TPSA) is 83.6 Å². The number of nitrogens with one attached hydrogen (secondary N) is 1. The van der Waals surface area contributed by atoms with Gasteiger partial charge in [0.15, 0.2) is 0 Å². The average molecular weight is 599 g/mol. The summed E-state index contributed by atoms with van der Waals surface area (Å²) in [4.78, 5) is 28.2. The number of nitrogens with zero attached hydrogens (tertiary/aromatic N) is 1. The van der Waals surface area contributed by atoms with E-state index in [9.17, 15) is 18.0 Å². The molecule has 44 heavy (non-hydrogen) atoms. The number of hydrogen-bond acceptors (Lipinski definition) is 4. The van der Waals surface area contributed by atoms with Gasteiger partial charge in [0.2, 0.25) is 0 Å². The van der Waals surface area contributed by atoms with Crippen molar-refractivity contribution in [2.24, 2.45) is 0 Å². The highest BCUT2D eigenvalue weighted by molar-refractivity contribution is 7.90. The van der Waals surface area contributed by atoms with Gasteiger partial charge in [0, 0.05) is 22.9 Å². The maximum atomic E-state index is 13.8. The van der Waals surface area contributed by atoms with Gasteiger partial charge in [-0.1, -0.05) is 109 Å². The van der Waals surface area contributed by atoms with Crippen LogP contribution in [0.25, 0.3) is 17.2 Å². The van der Waals surface area contributed by atoms with Crippen LogP contribution in [0.4, 0.5) is 5.69 Å². The molecule has 0 radical (unpaired) electrons. The number of benzene rings is 5. The van der Waals surface area contributed by atoms with Crippen molar-refractivity contribution in [3.8, 4) is 11.1 Å². The van der Waals surface area contributed by atoms with Crippen molar-refractivity contribution in [1.82, 2.24) is 4.72 Å². The Bertz CT molecular complexity index is 1970. The number of hydrogen-bond donors (Lipinski definition) is 1. The third-order valence-corrected chi connectivity index (χ3v) is 9.09. The molecule has 0 aliphatic carbocycles. The predicted octanol–water partition coefficient (Wildman–Crippen LogP) is 6.82. The van der Waals surface area contributed by atoms with E-state index in [0.717, 1.165) is 40.8 Å². The maximum absolute atomic E-state index is 13.8. The largest absolute Gasteiger partial charge is 0.304 e. The number of aryl methyl sites for hydroxylation is 2. The Kier molecular flexibility index (Phi) is 8.21. The van der Waals surface area contributed by atoms with Crippen LogP contribution < -0.4 is 9.62 Å². The molecule has 1 aliphatic rings. The molecule has 0 bridgehead atoms. The highest BCUT2D eigenvalue weighted by Gasteiger charge is 2.25. The van der Waals surface area contributed by atoms with Gasteiger partial charge in [-0.2, -0.15) is 0 Å². The molecule has 1 N–H and O–H groups in total. The molecular weight excluding hydrogens is 568 g/mol. The Hall–Kier alpha value is -5.27. The number of anilines is 1. The second-order valence-electron chi connectivity index (χ2n) is 10.6. The first-order valence-corrected chi connectivity index (χ1v) is 15.8.